The molecule has 2 heterocycles. The van der Waals surface area contributed by atoms with Gasteiger partial charge in [0.25, 0.3) is 0 Å². The van der Waals surface area contributed by atoms with E-state index in [0.29, 0.717) is 6.04 Å². The summed E-state index contributed by atoms with van der Waals surface area (Å²) in [6, 6.07) is 4.94. The van der Waals surface area contributed by atoms with Crippen molar-refractivity contribution in [3.8, 4) is 0 Å². The standard InChI is InChI=1S/C21H39N5O.HI/c1-18(2)25(4)13-9-6-12-23-21(22-3)24-17-19(20-11-10-16-27-20)26-14-7-5-8-15-26;/h10-11,16,18-19H,5-9,12-15,17H2,1-4H3,(H2,22,23,24);1H. The summed E-state index contributed by atoms with van der Waals surface area (Å²) in [6.45, 7) is 9.65. The summed E-state index contributed by atoms with van der Waals surface area (Å²) < 4.78 is 5.72. The molecule has 0 saturated carbocycles. The van der Waals surface area contributed by atoms with E-state index in [-0.39, 0.29) is 30.0 Å². The molecule has 162 valence electrons. The minimum atomic E-state index is 0. The Bertz CT molecular complexity index is 529. The van der Waals surface area contributed by atoms with Crippen LogP contribution in [-0.2, 0) is 0 Å². The first-order chi connectivity index (χ1) is 13.1. The van der Waals surface area contributed by atoms with Gasteiger partial charge >= 0.3 is 0 Å². The average molecular weight is 505 g/mol. The van der Waals surface area contributed by atoms with Crippen molar-refractivity contribution in [2.75, 3.05) is 46.8 Å². The summed E-state index contributed by atoms with van der Waals surface area (Å²) in [6.07, 6.45) is 7.99. The minimum absolute atomic E-state index is 0. The third kappa shape index (κ3) is 8.69. The first kappa shape index (κ1) is 25.2. The number of nitrogens with zero attached hydrogens (tertiary/aromatic N) is 3. The Morgan fingerprint density at radius 3 is 2.57 bits per heavy atom. The molecule has 6 nitrogen and oxygen atoms in total. The molecular weight excluding hydrogens is 465 g/mol. The van der Waals surface area contributed by atoms with Crippen LogP contribution < -0.4 is 10.6 Å². The van der Waals surface area contributed by atoms with Crippen LogP contribution in [0.25, 0.3) is 0 Å². The third-order valence-electron chi connectivity index (χ3n) is 5.50. The maximum Gasteiger partial charge on any atom is 0.191 e. The number of halogens is 1. The van der Waals surface area contributed by atoms with E-state index in [1.54, 1.807) is 6.26 Å². The van der Waals surface area contributed by atoms with Crippen LogP contribution in [0.4, 0.5) is 0 Å². The SMILES string of the molecule is CN=C(NCCCCN(C)C(C)C)NCC(c1ccco1)N1CCCCC1.I. The molecule has 0 radical (unpaired) electrons. The Kier molecular flexibility index (Phi) is 12.8. The van der Waals surface area contributed by atoms with Crippen LogP contribution in [0.1, 0.15) is 57.8 Å². The summed E-state index contributed by atoms with van der Waals surface area (Å²) in [5.41, 5.74) is 0. The normalized spacial score (nSPS) is 16.9. The van der Waals surface area contributed by atoms with Gasteiger partial charge in [0.05, 0.1) is 12.3 Å². The smallest absolute Gasteiger partial charge is 0.191 e. The van der Waals surface area contributed by atoms with E-state index in [0.717, 1.165) is 50.9 Å². The Balaban J connectivity index is 0.00000392. The summed E-state index contributed by atoms with van der Waals surface area (Å²) in [5.74, 6) is 1.91. The van der Waals surface area contributed by atoms with E-state index in [1.165, 1.54) is 25.7 Å². The van der Waals surface area contributed by atoms with E-state index in [1.807, 2.05) is 13.1 Å². The molecule has 1 saturated heterocycles. The lowest BCUT2D eigenvalue weighted by Crippen LogP contribution is -2.44. The van der Waals surface area contributed by atoms with Crippen molar-refractivity contribution in [2.45, 2.75) is 58.0 Å². The molecule has 1 aromatic rings. The van der Waals surface area contributed by atoms with Crippen LogP contribution in [-0.4, -0.2) is 68.6 Å². The van der Waals surface area contributed by atoms with Gasteiger partial charge in [0.2, 0.25) is 0 Å². The number of aliphatic imine (C=N–C) groups is 1. The maximum absolute atomic E-state index is 5.72. The molecule has 0 bridgehead atoms. The van der Waals surface area contributed by atoms with Gasteiger partial charge in [-0.3, -0.25) is 9.89 Å². The quantitative estimate of drug-likeness (QED) is 0.220. The number of likely N-dealkylation sites (tertiary alicyclic amines) is 1. The highest BCUT2D eigenvalue weighted by atomic mass is 127. The number of piperidine rings is 1. The summed E-state index contributed by atoms with van der Waals surface area (Å²) in [4.78, 5) is 9.30. The summed E-state index contributed by atoms with van der Waals surface area (Å²) >= 11 is 0. The second-order valence-corrected chi connectivity index (χ2v) is 7.79. The van der Waals surface area contributed by atoms with Gasteiger partial charge in [-0.15, -0.1) is 24.0 Å². The van der Waals surface area contributed by atoms with E-state index < -0.39 is 0 Å². The zero-order chi connectivity index (χ0) is 19.5. The predicted octanol–water partition coefficient (Wildman–Crippen LogP) is 3.71. The molecule has 0 amide bonds. The van der Waals surface area contributed by atoms with Crippen LogP contribution in [0.15, 0.2) is 27.8 Å². The number of nitrogens with one attached hydrogen (secondary N) is 2. The largest absolute Gasteiger partial charge is 0.468 e. The van der Waals surface area contributed by atoms with Gasteiger partial charge in [-0.05, 0) is 78.3 Å². The lowest BCUT2D eigenvalue weighted by molar-refractivity contribution is 0.146. The maximum atomic E-state index is 5.72. The fraction of sp³-hybridized carbons (Fsp3) is 0.762. The molecule has 0 aliphatic carbocycles. The Labute approximate surface area is 188 Å². The second kappa shape index (κ2) is 14.2. The Hall–Kier alpha value is -0.800. The number of unbranched alkanes of at least 4 members (excludes halogenated alkanes) is 1. The summed E-state index contributed by atoms with van der Waals surface area (Å²) in [7, 11) is 4.03. The van der Waals surface area contributed by atoms with Gasteiger partial charge in [0.15, 0.2) is 5.96 Å². The molecule has 1 unspecified atom stereocenters. The van der Waals surface area contributed by atoms with Gasteiger partial charge in [0, 0.05) is 26.2 Å². The molecule has 2 rings (SSSR count). The number of hydrogen-bond donors (Lipinski definition) is 2. The van der Waals surface area contributed by atoms with Crippen LogP contribution >= 0.6 is 24.0 Å². The average Bonchev–Trinajstić information content (AvgIpc) is 3.21. The lowest BCUT2D eigenvalue weighted by Gasteiger charge is -2.33. The van der Waals surface area contributed by atoms with Crippen molar-refractivity contribution >= 4 is 29.9 Å². The van der Waals surface area contributed by atoms with Crippen molar-refractivity contribution in [3.05, 3.63) is 24.2 Å². The topological polar surface area (TPSA) is 56.0 Å². The molecule has 28 heavy (non-hydrogen) atoms. The van der Waals surface area contributed by atoms with E-state index in [4.69, 9.17) is 4.42 Å². The number of rotatable bonds is 10. The van der Waals surface area contributed by atoms with E-state index in [9.17, 15) is 0 Å². The fourth-order valence-corrected chi connectivity index (χ4v) is 3.49. The van der Waals surface area contributed by atoms with Gasteiger partial charge in [-0.1, -0.05) is 6.42 Å². The monoisotopic (exact) mass is 505 g/mol. The lowest BCUT2D eigenvalue weighted by atomic mass is 10.1. The van der Waals surface area contributed by atoms with Gasteiger partial charge in [0.1, 0.15) is 5.76 Å². The second-order valence-electron chi connectivity index (χ2n) is 7.79. The van der Waals surface area contributed by atoms with Crippen LogP contribution in [0.5, 0.6) is 0 Å². The summed E-state index contributed by atoms with van der Waals surface area (Å²) in [5, 5.41) is 6.95. The predicted molar refractivity (Wildman–Crippen MR) is 129 cm³/mol. The fourth-order valence-electron chi connectivity index (χ4n) is 3.49. The first-order valence-electron chi connectivity index (χ1n) is 10.5. The highest BCUT2D eigenvalue weighted by Crippen LogP contribution is 2.24. The van der Waals surface area contributed by atoms with E-state index >= 15 is 0 Å². The third-order valence-corrected chi connectivity index (χ3v) is 5.50. The van der Waals surface area contributed by atoms with Crippen LogP contribution in [0, 0.1) is 0 Å². The van der Waals surface area contributed by atoms with Crippen molar-refractivity contribution < 1.29 is 4.42 Å². The molecule has 1 aliphatic rings. The molecular formula is C21H40IN5O. The van der Waals surface area contributed by atoms with Gasteiger partial charge in [-0.2, -0.15) is 0 Å². The van der Waals surface area contributed by atoms with Crippen molar-refractivity contribution in [1.82, 2.24) is 20.4 Å². The molecule has 1 aromatic heterocycles. The van der Waals surface area contributed by atoms with E-state index in [2.05, 4.69) is 52.4 Å². The van der Waals surface area contributed by atoms with Crippen LogP contribution in [0.3, 0.4) is 0 Å². The molecule has 0 aromatic carbocycles. The zero-order valence-corrected chi connectivity index (χ0v) is 20.4. The number of furan rings is 1. The molecule has 7 heteroatoms. The van der Waals surface area contributed by atoms with Crippen molar-refractivity contribution in [3.63, 3.8) is 0 Å². The Morgan fingerprint density at radius 2 is 1.96 bits per heavy atom. The minimum Gasteiger partial charge on any atom is -0.468 e. The first-order valence-corrected chi connectivity index (χ1v) is 10.5. The number of hydrogen-bond acceptors (Lipinski definition) is 4. The molecule has 0 spiro atoms. The zero-order valence-electron chi connectivity index (χ0n) is 18.1. The Morgan fingerprint density at radius 1 is 1.21 bits per heavy atom. The van der Waals surface area contributed by atoms with Crippen molar-refractivity contribution in [1.29, 1.82) is 0 Å². The molecule has 1 atom stereocenters. The molecule has 1 aliphatic heterocycles. The highest BCUT2D eigenvalue weighted by Gasteiger charge is 2.24. The van der Waals surface area contributed by atoms with Gasteiger partial charge in [-0.25, -0.2) is 0 Å². The van der Waals surface area contributed by atoms with Crippen LogP contribution in [0.2, 0.25) is 0 Å². The van der Waals surface area contributed by atoms with Crippen molar-refractivity contribution in [2.24, 2.45) is 4.99 Å². The van der Waals surface area contributed by atoms with Gasteiger partial charge < -0.3 is 20.0 Å². The molecule has 1 fully saturated rings. The highest BCUT2D eigenvalue weighted by molar-refractivity contribution is 14.0. The molecule has 2 N–H and O–H groups in total. The number of guanidine groups is 1.